The molecular formula is C15H23NO3S. The summed E-state index contributed by atoms with van der Waals surface area (Å²) in [6.45, 7) is 4.03. The molecule has 0 amide bonds. The van der Waals surface area contributed by atoms with E-state index in [1.165, 1.54) is 4.31 Å². The number of aryl methyl sites for hydroxylation is 1. The van der Waals surface area contributed by atoms with Crippen LogP contribution in [-0.2, 0) is 21.2 Å². The van der Waals surface area contributed by atoms with Crippen molar-refractivity contribution in [2.24, 2.45) is 5.92 Å². The van der Waals surface area contributed by atoms with E-state index < -0.39 is 10.0 Å². The molecule has 0 aromatic heterocycles. The van der Waals surface area contributed by atoms with Gasteiger partial charge in [-0.05, 0) is 36.8 Å². The van der Waals surface area contributed by atoms with Crippen LogP contribution in [0.5, 0.6) is 0 Å². The third-order valence-electron chi connectivity index (χ3n) is 3.90. The highest BCUT2D eigenvalue weighted by atomic mass is 32.2. The van der Waals surface area contributed by atoms with Gasteiger partial charge in [0.05, 0.1) is 4.90 Å². The maximum Gasteiger partial charge on any atom is 0.243 e. The van der Waals surface area contributed by atoms with Crippen LogP contribution in [0.25, 0.3) is 0 Å². The molecule has 1 aromatic rings. The fourth-order valence-corrected chi connectivity index (χ4v) is 4.14. The number of ether oxygens (including phenoxy) is 1. The van der Waals surface area contributed by atoms with Crippen LogP contribution >= 0.6 is 0 Å². The Morgan fingerprint density at radius 2 is 1.90 bits per heavy atom. The molecule has 0 unspecified atom stereocenters. The fraction of sp³-hybridized carbons (Fsp3) is 0.600. The van der Waals surface area contributed by atoms with Gasteiger partial charge in [-0.25, -0.2) is 12.7 Å². The summed E-state index contributed by atoms with van der Waals surface area (Å²) in [5.41, 5.74) is 0.881. The summed E-state index contributed by atoms with van der Waals surface area (Å²) >= 11 is 0. The van der Waals surface area contributed by atoms with Crippen molar-refractivity contribution in [3.8, 4) is 0 Å². The summed E-state index contributed by atoms with van der Waals surface area (Å²) in [6, 6.07) is 7.26. The van der Waals surface area contributed by atoms with Gasteiger partial charge in [-0.2, -0.15) is 0 Å². The molecule has 5 heteroatoms. The van der Waals surface area contributed by atoms with Crippen molar-refractivity contribution in [3.63, 3.8) is 0 Å². The van der Waals surface area contributed by atoms with Gasteiger partial charge >= 0.3 is 0 Å². The zero-order valence-electron chi connectivity index (χ0n) is 12.2. The topological polar surface area (TPSA) is 46.6 Å². The van der Waals surface area contributed by atoms with Crippen molar-refractivity contribution in [2.75, 3.05) is 26.8 Å². The van der Waals surface area contributed by atoms with Crippen LogP contribution in [0.15, 0.2) is 29.2 Å². The fourth-order valence-electron chi connectivity index (χ4n) is 2.61. The highest BCUT2D eigenvalue weighted by molar-refractivity contribution is 7.89. The normalized spacial score (nSPS) is 17.6. The largest absolute Gasteiger partial charge is 0.381 e. The third kappa shape index (κ3) is 3.40. The number of rotatable bonds is 5. The number of benzene rings is 1. The Morgan fingerprint density at radius 3 is 2.55 bits per heavy atom. The van der Waals surface area contributed by atoms with Crippen molar-refractivity contribution < 1.29 is 13.2 Å². The van der Waals surface area contributed by atoms with Gasteiger partial charge in [0, 0.05) is 26.8 Å². The Morgan fingerprint density at radius 1 is 1.25 bits per heavy atom. The molecule has 0 radical (unpaired) electrons. The first-order valence-electron chi connectivity index (χ1n) is 7.17. The van der Waals surface area contributed by atoms with Gasteiger partial charge in [0.2, 0.25) is 10.0 Å². The molecule has 0 atom stereocenters. The Balaban J connectivity index is 2.16. The summed E-state index contributed by atoms with van der Waals surface area (Å²) in [4.78, 5) is 0.442. The highest BCUT2D eigenvalue weighted by Gasteiger charge is 2.26. The van der Waals surface area contributed by atoms with E-state index in [9.17, 15) is 8.42 Å². The van der Waals surface area contributed by atoms with Crippen molar-refractivity contribution in [2.45, 2.75) is 31.1 Å². The number of sulfonamides is 1. The lowest BCUT2D eigenvalue weighted by molar-refractivity contribution is 0.0620. The van der Waals surface area contributed by atoms with E-state index in [1.54, 1.807) is 19.2 Å². The Hall–Kier alpha value is -0.910. The van der Waals surface area contributed by atoms with Crippen LogP contribution in [0.4, 0.5) is 0 Å². The van der Waals surface area contributed by atoms with Crippen LogP contribution in [-0.4, -0.2) is 39.5 Å². The van der Waals surface area contributed by atoms with Gasteiger partial charge in [0.15, 0.2) is 0 Å². The average Bonchev–Trinajstić information content (AvgIpc) is 2.48. The second-order valence-corrected chi connectivity index (χ2v) is 7.32. The van der Waals surface area contributed by atoms with E-state index in [2.05, 4.69) is 0 Å². The molecule has 0 N–H and O–H groups in total. The first-order chi connectivity index (χ1) is 9.55. The molecule has 4 nitrogen and oxygen atoms in total. The van der Waals surface area contributed by atoms with Crippen molar-refractivity contribution in [1.29, 1.82) is 0 Å². The predicted octanol–water partition coefficient (Wildman–Crippen LogP) is 2.30. The van der Waals surface area contributed by atoms with Gasteiger partial charge in [0.1, 0.15) is 0 Å². The highest BCUT2D eigenvalue weighted by Crippen LogP contribution is 2.23. The third-order valence-corrected chi connectivity index (χ3v) is 5.82. The summed E-state index contributed by atoms with van der Waals surface area (Å²) in [7, 11) is -1.71. The van der Waals surface area contributed by atoms with E-state index in [-0.39, 0.29) is 0 Å². The first-order valence-corrected chi connectivity index (χ1v) is 8.61. The van der Waals surface area contributed by atoms with E-state index >= 15 is 0 Å². The van der Waals surface area contributed by atoms with Gasteiger partial charge in [-0.1, -0.05) is 25.1 Å². The van der Waals surface area contributed by atoms with Crippen LogP contribution < -0.4 is 0 Å². The Labute approximate surface area is 121 Å². The van der Waals surface area contributed by atoms with Crippen LogP contribution in [0.1, 0.15) is 25.3 Å². The summed E-state index contributed by atoms with van der Waals surface area (Å²) in [5, 5.41) is 0. The summed E-state index contributed by atoms with van der Waals surface area (Å²) < 4.78 is 32.2. The Kier molecular flexibility index (Phi) is 5.18. The summed E-state index contributed by atoms with van der Waals surface area (Å²) in [5.74, 6) is 0.400. The van der Waals surface area contributed by atoms with Crippen molar-refractivity contribution in [3.05, 3.63) is 29.8 Å². The Bertz CT molecular complexity index is 536. The molecule has 0 aliphatic carbocycles. The molecule has 20 heavy (non-hydrogen) atoms. The molecule has 1 heterocycles. The number of hydrogen-bond acceptors (Lipinski definition) is 3. The minimum absolute atomic E-state index is 0.400. The number of nitrogens with zero attached hydrogens (tertiary/aromatic N) is 1. The molecule has 1 aliphatic rings. The lowest BCUT2D eigenvalue weighted by Gasteiger charge is -2.27. The van der Waals surface area contributed by atoms with Crippen molar-refractivity contribution in [1.82, 2.24) is 4.31 Å². The molecular weight excluding hydrogens is 274 g/mol. The standard InChI is InChI=1S/C15H23NO3S/c1-3-14-6-4-5-7-15(14)20(17,18)16(2)12-13-8-10-19-11-9-13/h4-7,13H,3,8-12H2,1-2H3. The van der Waals surface area contributed by atoms with Crippen molar-refractivity contribution >= 4 is 10.0 Å². The average molecular weight is 297 g/mol. The van der Waals surface area contributed by atoms with Gasteiger partial charge in [0.25, 0.3) is 0 Å². The van der Waals surface area contributed by atoms with Crippen LogP contribution in [0.2, 0.25) is 0 Å². The second kappa shape index (κ2) is 6.70. The second-order valence-electron chi connectivity index (χ2n) is 5.30. The zero-order valence-corrected chi connectivity index (χ0v) is 13.0. The van der Waals surface area contributed by atoms with E-state index in [1.807, 2.05) is 19.1 Å². The zero-order chi connectivity index (χ0) is 14.6. The predicted molar refractivity (Wildman–Crippen MR) is 79.2 cm³/mol. The maximum atomic E-state index is 12.7. The molecule has 1 fully saturated rings. The van der Waals surface area contributed by atoms with Gasteiger partial charge in [-0.3, -0.25) is 0 Å². The minimum Gasteiger partial charge on any atom is -0.381 e. The SMILES string of the molecule is CCc1ccccc1S(=O)(=O)N(C)CC1CCOCC1. The maximum absolute atomic E-state index is 12.7. The molecule has 0 saturated carbocycles. The van der Waals surface area contributed by atoms with E-state index in [0.717, 1.165) is 38.0 Å². The van der Waals surface area contributed by atoms with Gasteiger partial charge < -0.3 is 4.74 Å². The van der Waals surface area contributed by atoms with E-state index in [4.69, 9.17) is 4.74 Å². The molecule has 112 valence electrons. The molecule has 1 aromatic carbocycles. The molecule has 1 saturated heterocycles. The molecule has 0 spiro atoms. The summed E-state index contributed by atoms with van der Waals surface area (Å²) in [6.07, 6.45) is 2.60. The smallest absolute Gasteiger partial charge is 0.243 e. The van der Waals surface area contributed by atoms with E-state index in [0.29, 0.717) is 17.4 Å². The first kappa shape index (κ1) is 15.5. The lowest BCUT2D eigenvalue weighted by atomic mass is 10.0. The van der Waals surface area contributed by atoms with Crippen LogP contribution in [0.3, 0.4) is 0 Å². The molecule has 1 aliphatic heterocycles. The number of hydrogen-bond donors (Lipinski definition) is 0. The van der Waals surface area contributed by atoms with Gasteiger partial charge in [-0.15, -0.1) is 0 Å². The molecule has 0 bridgehead atoms. The molecule has 2 rings (SSSR count). The quantitative estimate of drug-likeness (QED) is 0.838. The minimum atomic E-state index is -3.39. The van der Waals surface area contributed by atoms with Crippen LogP contribution in [0, 0.1) is 5.92 Å². The lowest BCUT2D eigenvalue weighted by Crippen LogP contribution is -2.34. The monoisotopic (exact) mass is 297 g/mol.